The Bertz CT molecular complexity index is 412. The van der Waals surface area contributed by atoms with Crippen molar-refractivity contribution in [3.63, 3.8) is 0 Å². The Balaban J connectivity index is 2.02. The monoisotopic (exact) mass is 257 g/mol. The summed E-state index contributed by atoms with van der Waals surface area (Å²) < 4.78 is 18.5. The lowest BCUT2D eigenvalue weighted by atomic mass is 9.94. The Kier molecular flexibility index (Phi) is 3.71. The lowest BCUT2D eigenvalue weighted by Crippen LogP contribution is -2.47. The minimum absolute atomic E-state index is 0.0300. The maximum absolute atomic E-state index is 12.9. The minimum atomic E-state index is -0.303. The fourth-order valence-corrected chi connectivity index (χ4v) is 2.26. The van der Waals surface area contributed by atoms with E-state index >= 15 is 0 Å². The van der Waals surface area contributed by atoms with Gasteiger partial charge in [0.2, 0.25) is 0 Å². The van der Waals surface area contributed by atoms with Gasteiger partial charge in [-0.25, -0.2) is 4.39 Å². The van der Waals surface area contributed by atoms with Gasteiger partial charge in [-0.2, -0.15) is 0 Å². The molecule has 2 atom stereocenters. The summed E-state index contributed by atoms with van der Waals surface area (Å²) in [7, 11) is 0. The third-order valence-electron chi connectivity index (χ3n) is 3.58. The quantitative estimate of drug-likeness (QED) is 0.898. The minimum Gasteiger partial charge on any atom is -0.377 e. The smallest absolute Gasteiger partial charge is 0.124 e. The van der Waals surface area contributed by atoms with E-state index in [-0.39, 0.29) is 17.5 Å². The molecule has 2 unspecified atom stereocenters. The summed E-state index contributed by atoms with van der Waals surface area (Å²) >= 11 is 5.99. The van der Waals surface area contributed by atoms with Crippen molar-refractivity contribution in [1.82, 2.24) is 5.32 Å². The zero-order valence-corrected chi connectivity index (χ0v) is 10.9. The summed E-state index contributed by atoms with van der Waals surface area (Å²) in [5.74, 6) is -0.303. The van der Waals surface area contributed by atoms with E-state index in [1.807, 2.05) is 0 Å². The molecule has 1 aromatic carbocycles. The number of nitrogens with one attached hydrogen (secondary N) is 1. The van der Waals surface area contributed by atoms with Crippen molar-refractivity contribution in [3.8, 4) is 0 Å². The zero-order valence-electron chi connectivity index (χ0n) is 10.1. The van der Waals surface area contributed by atoms with E-state index in [4.69, 9.17) is 16.3 Å². The van der Waals surface area contributed by atoms with E-state index in [0.29, 0.717) is 11.6 Å². The molecule has 2 nitrogen and oxygen atoms in total. The molecule has 0 radical (unpaired) electrons. The van der Waals surface area contributed by atoms with E-state index in [1.54, 1.807) is 6.07 Å². The highest BCUT2D eigenvalue weighted by atomic mass is 35.5. The first-order chi connectivity index (χ1) is 8.01. The van der Waals surface area contributed by atoms with Crippen molar-refractivity contribution in [2.24, 2.45) is 0 Å². The van der Waals surface area contributed by atoms with Crippen LogP contribution in [0.5, 0.6) is 0 Å². The van der Waals surface area contributed by atoms with Crippen LogP contribution in [0.15, 0.2) is 18.2 Å². The molecule has 1 aliphatic heterocycles. The van der Waals surface area contributed by atoms with Crippen LogP contribution in [0.25, 0.3) is 0 Å². The standard InChI is InChI=1S/C13H17ClFNO/c1-9-13(2,5-6-17-9)16-8-10-3-4-11(15)7-12(10)14/h3-4,7,9,16H,5-6,8H2,1-2H3. The normalized spacial score (nSPS) is 28.6. The maximum Gasteiger partial charge on any atom is 0.124 e. The molecular formula is C13H17ClFNO. The SMILES string of the molecule is CC1OCCC1(C)NCc1ccc(F)cc1Cl. The van der Waals surface area contributed by atoms with Gasteiger partial charge in [0, 0.05) is 23.7 Å². The van der Waals surface area contributed by atoms with Gasteiger partial charge in [0.25, 0.3) is 0 Å². The van der Waals surface area contributed by atoms with Crippen molar-refractivity contribution < 1.29 is 9.13 Å². The summed E-state index contributed by atoms with van der Waals surface area (Å²) in [6.45, 7) is 5.61. The van der Waals surface area contributed by atoms with Crippen LogP contribution >= 0.6 is 11.6 Å². The third-order valence-corrected chi connectivity index (χ3v) is 3.94. The Hall–Kier alpha value is -0.640. The van der Waals surface area contributed by atoms with Gasteiger partial charge in [-0.05, 0) is 38.0 Å². The number of benzene rings is 1. The van der Waals surface area contributed by atoms with E-state index in [2.05, 4.69) is 19.2 Å². The maximum atomic E-state index is 12.9. The first-order valence-corrected chi connectivity index (χ1v) is 6.20. The molecule has 0 aliphatic carbocycles. The highest BCUT2D eigenvalue weighted by Gasteiger charge is 2.36. The molecule has 1 N–H and O–H groups in total. The summed E-state index contributed by atoms with van der Waals surface area (Å²) in [5, 5.41) is 3.92. The zero-order chi connectivity index (χ0) is 12.5. The number of hydrogen-bond donors (Lipinski definition) is 1. The van der Waals surface area contributed by atoms with Gasteiger partial charge >= 0.3 is 0 Å². The largest absolute Gasteiger partial charge is 0.377 e. The van der Waals surface area contributed by atoms with Crippen LogP contribution in [0.2, 0.25) is 5.02 Å². The third kappa shape index (κ3) is 2.79. The first-order valence-electron chi connectivity index (χ1n) is 5.82. The molecule has 1 heterocycles. The Morgan fingerprint density at radius 2 is 2.35 bits per heavy atom. The van der Waals surface area contributed by atoms with Gasteiger partial charge in [-0.1, -0.05) is 17.7 Å². The molecule has 0 bridgehead atoms. The summed E-state index contributed by atoms with van der Waals surface area (Å²) in [4.78, 5) is 0. The van der Waals surface area contributed by atoms with Gasteiger partial charge in [0.1, 0.15) is 5.82 Å². The molecule has 0 saturated carbocycles. The average molecular weight is 258 g/mol. The second kappa shape index (κ2) is 4.92. The van der Waals surface area contributed by atoms with E-state index in [1.165, 1.54) is 12.1 Å². The van der Waals surface area contributed by atoms with Crippen LogP contribution in [0.3, 0.4) is 0 Å². The average Bonchev–Trinajstić information content (AvgIpc) is 2.59. The highest BCUT2D eigenvalue weighted by Crippen LogP contribution is 2.26. The van der Waals surface area contributed by atoms with Gasteiger partial charge in [-0.3, -0.25) is 0 Å². The number of rotatable bonds is 3. The fourth-order valence-electron chi connectivity index (χ4n) is 2.03. The second-order valence-electron chi connectivity index (χ2n) is 4.77. The van der Waals surface area contributed by atoms with E-state index in [9.17, 15) is 4.39 Å². The van der Waals surface area contributed by atoms with Crippen molar-refractivity contribution in [1.29, 1.82) is 0 Å². The molecule has 4 heteroatoms. The molecule has 1 aromatic rings. The van der Waals surface area contributed by atoms with E-state index in [0.717, 1.165) is 18.6 Å². The van der Waals surface area contributed by atoms with Crippen molar-refractivity contribution >= 4 is 11.6 Å². The second-order valence-corrected chi connectivity index (χ2v) is 5.18. The number of ether oxygens (including phenoxy) is 1. The lowest BCUT2D eigenvalue weighted by Gasteiger charge is -2.29. The van der Waals surface area contributed by atoms with Crippen molar-refractivity contribution in [3.05, 3.63) is 34.6 Å². The van der Waals surface area contributed by atoms with Crippen LogP contribution < -0.4 is 5.32 Å². The Morgan fingerprint density at radius 1 is 1.59 bits per heavy atom. The molecule has 0 amide bonds. The topological polar surface area (TPSA) is 21.3 Å². The number of halogens is 2. The number of hydrogen-bond acceptors (Lipinski definition) is 2. The predicted octanol–water partition coefficient (Wildman–Crippen LogP) is 3.14. The molecule has 17 heavy (non-hydrogen) atoms. The summed E-state index contributed by atoms with van der Waals surface area (Å²) in [5.41, 5.74) is 0.881. The lowest BCUT2D eigenvalue weighted by molar-refractivity contribution is 0.0881. The first kappa shape index (κ1) is 12.8. The molecular weight excluding hydrogens is 241 g/mol. The van der Waals surface area contributed by atoms with Crippen LogP contribution in [0.1, 0.15) is 25.8 Å². The van der Waals surface area contributed by atoms with Crippen LogP contribution in [-0.2, 0) is 11.3 Å². The Morgan fingerprint density at radius 3 is 2.94 bits per heavy atom. The molecule has 1 aliphatic rings. The molecule has 1 fully saturated rings. The van der Waals surface area contributed by atoms with Gasteiger partial charge in [0.15, 0.2) is 0 Å². The molecule has 0 aromatic heterocycles. The molecule has 2 rings (SSSR count). The van der Waals surface area contributed by atoms with E-state index < -0.39 is 0 Å². The fraction of sp³-hybridized carbons (Fsp3) is 0.538. The van der Waals surface area contributed by atoms with Crippen LogP contribution in [0, 0.1) is 5.82 Å². The van der Waals surface area contributed by atoms with Crippen molar-refractivity contribution in [2.75, 3.05) is 6.61 Å². The highest BCUT2D eigenvalue weighted by molar-refractivity contribution is 6.31. The molecule has 0 spiro atoms. The van der Waals surface area contributed by atoms with Gasteiger partial charge < -0.3 is 10.1 Å². The van der Waals surface area contributed by atoms with Gasteiger partial charge in [-0.15, -0.1) is 0 Å². The molecule has 94 valence electrons. The van der Waals surface area contributed by atoms with Crippen LogP contribution in [-0.4, -0.2) is 18.2 Å². The van der Waals surface area contributed by atoms with Crippen molar-refractivity contribution in [2.45, 2.75) is 38.5 Å². The molecule has 1 saturated heterocycles. The summed E-state index contributed by atoms with van der Waals surface area (Å²) in [6.07, 6.45) is 1.16. The van der Waals surface area contributed by atoms with Gasteiger partial charge in [0.05, 0.1) is 6.10 Å². The summed E-state index contributed by atoms with van der Waals surface area (Å²) in [6, 6.07) is 4.49. The van der Waals surface area contributed by atoms with Crippen LogP contribution in [0.4, 0.5) is 4.39 Å². The Labute approximate surface area is 106 Å². The predicted molar refractivity (Wildman–Crippen MR) is 66.7 cm³/mol.